The van der Waals surface area contributed by atoms with Crippen molar-refractivity contribution in [2.45, 2.75) is 20.0 Å². The van der Waals surface area contributed by atoms with Gasteiger partial charge < -0.3 is 5.32 Å². The Morgan fingerprint density at radius 1 is 1.00 bits per heavy atom. The van der Waals surface area contributed by atoms with Crippen molar-refractivity contribution in [1.29, 1.82) is 0 Å². The summed E-state index contributed by atoms with van der Waals surface area (Å²) in [5.74, 6) is 0. The van der Waals surface area contributed by atoms with Gasteiger partial charge in [0.25, 0.3) is 0 Å². The van der Waals surface area contributed by atoms with Crippen LogP contribution in [0.5, 0.6) is 0 Å². The fourth-order valence-electron chi connectivity index (χ4n) is 2.32. The first-order valence-electron chi connectivity index (χ1n) is 7.16. The molecule has 0 amide bonds. The van der Waals surface area contributed by atoms with Crippen molar-refractivity contribution in [3.05, 3.63) is 83.7 Å². The third-order valence-electron chi connectivity index (χ3n) is 3.56. The zero-order valence-corrected chi connectivity index (χ0v) is 12.2. The van der Waals surface area contributed by atoms with Gasteiger partial charge in [-0.15, -0.1) is 0 Å². The van der Waals surface area contributed by atoms with E-state index in [1.54, 1.807) is 0 Å². The van der Waals surface area contributed by atoms with Crippen LogP contribution in [0, 0.1) is 6.92 Å². The molecule has 0 saturated carbocycles. The third kappa shape index (κ3) is 3.51. The number of anilines is 1. The number of nitrogens with zero attached hydrogens (tertiary/aromatic N) is 2. The first-order valence-corrected chi connectivity index (χ1v) is 7.16. The topological polar surface area (TPSA) is 29.9 Å². The number of hydrogen-bond donors (Lipinski definition) is 1. The van der Waals surface area contributed by atoms with E-state index in [1.807, 2.05) is 23.1 Å². The van der Waals surface area contributed by atoms with Gasteiger partial charge in [0.2, 0.25) is 0 Å². The van der Waals surface area contributed by atoms with Crippen LogP contribution in [0.25, 0.3) is 0 Å². The molecule has 0 fully saturated rings. The minimum Gasteiger partial charge on any atom is -0.378 e. The van der Waals surface area contributed by atoms with Gasteiger partial charge in [0.1, 0.15) is 0 Å². The molecule has 0 aliphatic carbocycles. The van der Waals surface area contributed by atoms with Gasteiger partial charge in [-0.05, 0) is 23.6 Å². The molecule has 0 atom stereocenters. The van der Waals surface area contributed by atoms with E-state index in [4.69, 9.17) is 0 Å². The van der Waals surface area contributed by atoms with E-state index in [-0.39, 0.29) is 0 Å². The van der Waals surface area contributed by atoms with Gasteiger partial charge in [0, 0.05) is 12.7 Å². The average Bonchev–Trinajstić information content (AvgIpc) is 2.95. The summed E-state index contributed by atoms with van der Waals surface area (Å²) in [7, 11) is 0. The van der Waals surface area contributed by atoms with Gasteiger partial charge in [0.05, 0.1) is 18.4 Å². The van der Waals surface area contributed by atoms with E-state index in [2.05, 4.69) is 65.9 Å². The highest BCUT2D eigenvalue weighted by Crippen LogP contribution is 2.12. The van der Waals surface area contributed by atoms with Crippen LogP contribution in [-0.4, -0.2) is 9.78 Å². The van der Waals surface area contributed by atoms with Gasteiger partial charge in [-0.1, -0.05) is 54.6 Å². The van der Waals surface area contributed by atoms with Crippen molar-refractivity contribution < 1.29 is 0 Å². The summed E-state index contributed by atoms with van der Waals surface area (Å²) < 4.78 is 1.95. The largest absolute Gasteiger partial charge is 0.378 e. The number of aryl methyl sites for hydroxylation is 1. The predicted octanol–water partition coefficient (Wildman–Crippen LogP) is 3.85. The fourth-order valence-corrected chi connectivity index (χ4v) is 2.32. The molecular weight excluding hydrogens is 258 g/mol. The number of aromatic nitrogens is 2. The van der Waals surface area contributed by atoms with Crippen LogP contribution in [0.3, 0.4) is 0 Å². The Hall–Kier alpha value is -2.55. The number of hydrogen-bond acceptors (Lipinski definition) is 2. The van der Waals surface area contributed by atoms with Crippen LogP contribution in [-0.2, 0) is 13.1 Å². The van der Waals surface area contributed by atoms with Crippen molar-refractivity contribution in [3.8, 4) is 0 Å². The SMILES string of the molecule is Cc1ccccc1CNc1cnn(Cc2ccccc2)c1. The Morgan fingerprint density at radius 3 is 2.57 bits per heavy atom. The summed E-state index contributed by atoms with van der Waals surface area (Å²) in [4.78, 5) is 0. The van der Waals surface area contributed by atoms with Crippen molar-refractivity contribution in [2.24, 2.45) is 0 Å². The van der Waals surface area contributed by atoms with Crippen molar-refractivity contribution in [1.82, 2.24) is 9.78 Å². The smallest absolute Gasteiger partial charge is 0.0729 e. The molecule has 0 aliphatic heterocycles. The lowest BCUT2D eigenvalue weighted by Gasteiger charge is -2.06. The van der Waals surface area contributed by atoms with E-state index >= 15 is 0 Å². The molecule has 21 heavy (non-hydrogen) atoms. The molecule has 0 aliphatic rings. The summed E-state index contributed by atoms with van der Waals surface area (Å²) in [6.45, 7) is 3.76. The van der Waals surface area contributed by atoms with E-state index < -0.39 is 0 Å². The molecule has 1 heterocycles. The Labute approximate surface area is 125 Å². The third-order valence-corrected chi connectivity index (χ3v) is 3.56. The first kappa shape index (κ1) is 13.4. The zero-order chi connectivity index (χ0) is 14.5. The lowest BCUT2D eigenvalue weighted by molar-refractivity contribution is 0.687. The van der Waals surface area contributed by atoms with Gasteiger partial charge in [0.15, 0.2) is 0 Å². The maximum absolute atomic E-state index is 4.40. The molecule has 0 spiro atoms. The van der Waals surface area contributed by atoms with E-state index in [1.165, 1.54) is 16.7 Å². The molecule has 2 aromatic carbocycles. The lowest BCUT2D eigenvalue weighted by atomic mass is 10.1. The van der Waals surface area contributed by atoms with Gasteiger partial charge in [-0.3, -0.25) is 4.68 Å². The highest BCUT2D eigenvalue weighted by molar-refractivity contribution is 5.40. The second kappa shape index (κ2) is 6.27. The standard InChI is InChI=1S/C18H19N3/c1-15-7-5-6-10-17(15)11-19-18-12-20-21(14-18)13-16-8-3-2-4-9-16/h2-10,12,14,19H,11,13H2,1H3. The monoisotopic (exact) mass is 277 g/mol. The maximum atomic E-state index is 4.40. The van der Waals surface area contributed by atoms with Crippen molar-refractivity contribution in [2.75, 3.05) is 5.32 Å². The summed E-state index contributed by atoms with van der Waals surface area (Å²) in [5.41, 5.74) is 4.93. The van der Waals surface area contributed by atoms with E-state index in [0.717, 1.165) is 18.8 Å². The summed E-state index contributed by atoms with van der Waals surface area (Å²) in [5, 5.41) is 7.82. The fraction of sp³-hybridized carbons (Fsp3) is 0.167. The molecule has 106 valence electrons. The summed E-state index contributed by atoms with van der Waals surface area (Å²) in [6.07, 6.45) is 3.92. The van der Waals surface area contributed by atoms with Gasteiger partial charge >= 0.3 is 0 Å². The Kier molecular flexibility index (Phi) is 4.01. The number of rotatable bonds is 5. The lowest BCUT2D eigenvalue weighted by Crippen LogP contribution is -2.01. The summed E-state index contributed by atoms with van der Waals surface area (Å²) in [6, 6.07) is 18.8. The van der Waals surface area contributed by atoms with E-state index in [0.29, 0.717) is 0 Å². The van der Waals surface area contributed by atoms with Crippen molar-refractivity contribution >= 4 is 5.69 Å². The molecule has 0 saturated heterocycles. The Morgan fingerprint density at radius 2 is 1.76 bits per heavy atom. The Balaban J connectivity index is 1.62. The zero-order valence-electron chi connectivity index (χ0n) is 12.2. The van der Waals surface area contributed by atoms with E-state index in [9.17, 15) is 0 Å². The molecule has 3 heteroatoms. The minimum absolute atomic E-state index is 0.798. The second-order valence-corrected chi connectivity index (χ2v) is 5.19. The molecule has 3 nitrogen and oxygen atoms in total. The highest BCUT2D eigenvalue weighted by atomic mass is 15.3. The van der Waals surface area contributed by atoms with Gasteiger partial charge in [-0.25, -0.2) is 0 Å². The highest BCUT2D eigenvalue weighted by Gasteiger charge is 2.01. The maximum Gasteiger partial charge on any atom is 0.0729 e. The molecule has 1 N–H and O–H groups in total. The van der Waals surface area contributed by atoms with Crippen LogP contribution >= 0.6 is 0 Å². The van der Waals surface area contributed by atoms with Crippen LogP contribution in [0.4, 0.5) is 5.69 Å². The van der Waals surface area contributed by atoms with Crippen LogP contribution in [0.15, 0.2) is 67.0 Å². The molecule has 0 unspecified atom stereocenters. The molecule has 0 radical (unpaired) electrons. The first-order chi connectivity index (χ1) is 10.3. The number of nitrogens with one attached hydrogen (secondary N) is 1. The van der Waals surface area contributed by atoms with Crippen LogP contribution < -0.4 is 5.32 Å². The minimum atomic E-state index is 0.798. The summed E-state index contributed by atoms with van der Waals surface area (Å²) >= 11 is 0. The van der Waals surface area contributed by atoms with Crippen LogP contribution in [0.2, 0.25) is 0 Å². The van der Waals surface area contributed by atoms with Crippen LogP contribution in [0.1, 0.15) is 16.7 Å². The van der Waals surface area contributed by atoms with Gasteiger partial charge in [-0.2, -0.15) is 5.10 Å². The average molecular weight is 277 g/mol. The molecular formula is C18H19N3. The molecule has 1 aromatic heterocycles. The number of benzene rings is 2. The molecule has 3 aromatic rings. The Bertz CT molecular complexity index is 701. The molecule has 0 bridgehead atoms. The molecule has 3 rings (SSSR count). The quantitative estimate of drug-likeness (QED) is 0.767. The normalized spacial score (nSPS) is 10.5. The van der Waals surface area contributed by atoms with Crippen molar-refractivity contribution in [3.63, 3.8) is 0 Å². The second-order valence-electron chi connectivity index (χ2n) is 5.19. The predicted molar refractivity (Wildman–Crippen MR) is 86.3 cm³/mol.